The predicted octanol–water partition coefficient (Wildman–Crippen LogP) is 5.56. The van der Waals surface area contributed by atoms with Gasteiger partial charge >= 0.3 is 18.0 Å². The Morgan fingerprint density at radius 2 is 1.55 bits per heavy atom. The summed E-state index contributed by atoms with van der Waals surface area (Å²) in [4.78, 5) is 49.3. The minimum atomic E-state index is -1.14. The van der Waals surface area contributed by atoms with Crippen LogP contribution in [-0.2, 0) is 11.3 Å². The highest BCUT2D eigenvalue weighted by atomic mass is 32.1. The van der Waals surface area contributed by atoms with Gasteiger partial charge in [-0.2, -0.15) is 0 Å². The molecule has 1 aromatic heterocycles. The summed E-state index contributed by atoms with van der Waals surface area (Å²) >= 11 is 1.65. The van der Waals surface area contributed by atoms with E-state index in [0.717, 1.165) is 17.7 Å². The van der Waals surface area contributed by atoms with E-state index in [1.807, 2.05) is 79.7 Å². The molecule has 5 rings (SSSR count). The van der Waals surface area contributed by atoms with Crippen molar-refractivity contribution in [3.05, 3.63) is 82.6 Å². The normalized spacial score (nSPS) is 20.6. The fourth-order valence-corrected chi connectivity index (χ4v) is 6.61. The molecule has 1 N–H and O–H groups in total. The maximum atomic E-state index is 14.2. The minimum Gasteiger partial charge on any atom is -0.480 e. The number of nitrogens with zero attached hydrogens (tertiary/aromatic N) is 4. The van der Waals surface area contributed by atoms with Gasteiger partial charge in [0.25, 0.3) is 0 Å². The van der Waals surface area contributed by atoms with E-state index in [9.17, 15) is 19.5 Å². The van der Waals surface area contributed by atoms with Crippen LogP contribution < -0.4 is 4.90 Å². The van der Waals surface area contributed by atoms with Crippen LogP contribution in [-0.4, -0.2) is 69.6 Å². The molecule has 0 radical (unpaired) electrons. The predicted molar refractivity (Wildman–Crippen MR) is 148 cm³/mol. The van der Waals surface area contributed by atoms with Gasteiger partial charge in [0.1, 0.15) is 0 Å². The lowest BCUT2D eigenvalue weighted by molar-refractivity contribution is -0.148. The molecule has 2 aromatic carbocycles. The van der Waals surface area contributed by atoms with E-state index >= 15 is 0 Å². The average molecular weight is 533 g/mol. The number of carbonyl (C=O) groups excluding carboxylic acids is 2. The van der Waals surface area contributed by atoms with Gasteiger partial charge in [0.2, 0.25) is 0 Å². The number of hydrogen-bond donors (Lipinski definition) is 1. The first kappa shape index (κ1) is 25.8. The van der Waals surface area contributed by atoms with Crippen LogP contribution in [0.25, 0.3) is 0 Å². The highest BCUT2D eigenvalue weighted by Crippen LogP contribution is 2.36. The number of piperazine rings is 1. The summed E-state index contributed by atoms with van der Waals surface area (Å²) in [5.41, 5.74) is 1.31. The van der Waals surface area contributed by atoms with Crippen molar-refractivity contribution in [1.29, 1.82) is 0 Å². The van der Waals surface area contributed by atoms with Gasteiger partial charge in [-0.05, 0) is 62.6 Å². The molecule has 0 unspecified atom stereocenters. The SMILES string of the molecule is Cc1ccc(CN(C)C(=O)N2[C@H]3CCC[C@@H]2[C@@H](C(=O)O)N(C(=O)N(c2ccccc2)c2ccccc2)C3)s1. The van der Waals surface area contributed by atoms with E-state index < -0.39 is 24.1 Å². The van der Waals surface area contributed by atoms with Crippen molar-refractivity contribution in [3.8, 4) is 0 Å². The fourth-order valence-electron chi connectivity index (χ4n) is 5.66. The number of amides is 4. The summed E-state index contributed by atoms with van der Waals surface area (Å²) in [6.07, 6.45) is 2.08. The summed E-state index contributed by atoms with van der Waals surface area (Å²) in [7, 11) is 1.76. The second-order valence-electron chi connectivity index (χ2n) is 9.93. The Morgan fingerprint density at radius 3 is 2.11 bits per heavy atom. The van der Waals surface area contributed by atoms with Gasteiger partial charge in [-0.15, -0.1) is 11.3 Å². The number of rotatable bonds is 5. The topological polar surface area (TPSA) is 84.4 Å². The third-order valence-corrected chi connectivity index (χ3v) is 8.34. The lowest BCUT2D eigenvalue weighted by Crippen LogP contribution is -2.72. The van der Waals surface area contributed by atoms with E-state index in [1.165, 1.54) is 9.78 Å². The Balaban J connectivity index is 1.45. The maximum absolute atomic E-state index is 14.2. The van der Waals surface area contributed by atoms with E-state index in [4.69, 9.17) is 0 Å². The Hall–Kier alpha value is -3.85. The lowest BCUT2D eigenvalue weighted by atomic mass is 9.86. The van der Waals surface area contributed by atoms with Crippen molar-refractivity contribution in [2.75, 3.05) is 18.5 Å². The van der Waals surface area contributed by atoms with Gasteiger partial charge < -0.3 is 19.8 Å². The molecule has 3 aromatic rings. The smallest absolute Gasteiger partial charge is 0.329 e. The number of carboxylic acids is 1. The molecule has 2 fully saturated rings. The highest BCUT2D eigenvalue weighted by Gasteiger charge is 2.52. The molecular weight excluding hydrogens is 500 g/mol. The zero-order valence-corrected chi connectivity index (χ0v) is 22.4. The summed E-state index contributed by atoms with van der Waals surface area (Å²) in [6.45, 7) is 2.66. The number of benzene rings is 2. The molecule has 3 heterocycles. The summed E-state index contributed by atoms with van der Waals surface area (Å²) < 4.78 is 0. The number of aliphatic carboxylic acids is 1. The molecule has 0 spiro atoms. The molecule has 4 amide bonds. The number of piperidine rings is 1. The zero-order chi connectivity index (χ0) is 26.8. The Bertz CT molecular complexity index is 1260. The van der Waals surface area contributed by atoms with Crippen molar-refractivity contribution in [2.24, 2.45) is 0 Å². The molecule has 3 atom stereocenters. The van der Waals surface area contributed by atoms with E-state index in [2.05, 4.69) is 0 Å². The van der Waals surface area contributed by atoms with Crippen LogP contribution in [0.2, 0.25) is 0 Å². The number of carbonyl (C=O) groups is 3. The number of hydrogen-bond acceptors (Lipinski definition) is 4. The quantitative estimate of drug-likeness (QED) is 0.466. The number of thiophene rings is 1. The third-order valence-electron chi connectivity index (χ3n) is 7.35. The van der Waals surface area contributed by atoms with Gasteiger partial charge in [0.05, 0.1) is 30.0 Å². The molecule has 0 aliphatic carbocycles. The molecule has 2 aliphatic rings. The fraction of sp³-hybridized carbons (Fsp3) is 0.345. The second-order valence-corrected chi connectivity index (χ2v) is 11.3. The summed E-state index contributed by atoms with van der Waals surface area (Å²) in [5.74, 6) is -1.10. The summed E-state index contributed by atoms with van der Waals surface area (Å²) in [5, 5.41) is 10.4. The van der Waals surface area contributed by atoms with Crippen molar-refractivity contribution in [1.82, 2.24) is 14.7 Å². The van der Waals surface area contributed by atoms with Crippen LogP contribution in [0.5, 0.6) is 0 Å². The lowest BCUT2D eigenvalue weighted by Gasteiger charge is -2.54. The number of aryl methyl sites for hydroxylation is 1. The van der Waals surface area contributed by atoms with Gasteiger partial charge in [-0.3, -0.25) is 4.90 Å². The van der Waals surface area contributed by atoms with Crippen molar-refractivity contribution >= 4 is 40.7 Å². The number of carboxylic acid groups (broad SMARTS) is 1. The van der Waals surface area contributed by atoms with Gasteiger partial charge in [0.15, 0.2) is 6.04 Å². The first-order valence-corrected chi connectivity index (χ1v) is 13.7. The van der Waals surface area contributed by atoms with Crippen LogP contribution in [0.4, 0.5) is 21.0 Å². The van der Waals surface area contributed by atoms with Gasteiger partial charge in [-0.1, -0.05) is 36.4 Å². The highest BCUT2D eigenvalue weighted by molar-refractivity contribution is 7.11. The van der Waals surface area contributed by atoms with Gasteiger partial charge in [0, 0.05) is 23.3 Å². The Labute approximate surface area is 226 Å². The molecule has 2 aliphatic heterocycles. The van der Waals surface area contributed by atoms with Crippen LogP contribution in [0.3, 0.4) is 0 Å². The Kier molecular flexibility index (Phi) is 7.37. The van der Waals surface area contributed by atoms with Crippen molar-refractivity contribution in [3.63, 3.8) is 0 Å². The van der Waals surface area contributed by atoms with E-state index in [-0.39, 0.29) is 18.6 Å². The minimum absolute atomic E-state index is 0.167. The van der Waals surface area contributed by atoms with Crippen LogP contribution in [0.15, 0.2) is 72.8 Å². The van der Waals surface area contributed by atoms with E-state index in [1.54, 1.807) is 33.1 Å². The number of urea groups is 2. The molecule has 9 heteroatoms. The monoisotopic (exact) mass is 532 g/mol. The van der Waals surface area contributed by atoms with Crippen LogP contribution >= 0.6 is 11.3 Å². The third kappa shape index (κ3) is 4.98. The van der Waals surface area contributed by atoms with Crippen molar-refractivity contribution in [2.45, 2.75) is 50.9 Å². The molecule has 8 nitrogen and oxygen atoms in total. The maximum Gasteiger partial charge on any atom is 0.329 e. The molecule has 0 saturated carbocycles. The number of fused-ring (bicyclic) bond motifs is 2. The number of likely N-dealkylation sites (tertiary alicyclic amines) is 1. The van der Waals surface area contributed by atoms with Crippen LogP contribution in [0, 0.1) is 6.92 Å². The molecular formula is C29H32N4O4S. The Morgan fingerprint density at radius 1 is 0.921 bits per heavy atom. The first-order valence-electron chi connectivity index (χ1n) is 12.9. The molecule has 198 valence electrons. The number of para-hydroxylation sites is 2. The standard InChI is InChI=1S/C29H32N4O4S/c1-20-16-17-24(38-20)19-30(2)28(36)33-23-14-9-15-25(33)26(27(34)35)31(18-23)29(37)32(21-10-5-3-6-11-21)22-12-7-4-8-13-22/h3-8,10-13,16-17,23,25-26H,9,14-15,18-19H2,1-2H3,(H,34,35)/t23-,25+,26-/m0/s1. The van der Waals surface area contributed by atoms with E-state index in [0.29, 0.717) is 24.3 Å². The summed E-state index contributed by atoms with van der Waals surface area (Å²) in [6, 6.07) is 20.0. The first-order chi connectivity index (χ1) is 18.3. The molecule has 38 heavy (non-hydrogen) atoms. The average Bonchev–Trinajstić information content (AvgIpc) is 3.32. The second kappa shape index (κ2) is 10.9. The molecule has 2 bridgehead atoms. The van der Waals surface area contributed by atoms with Gasteiger partial charge in [-0.25, -0.2) is 14.4 Å². The van der Waals surface area contributed by atoms with Crippen molar-refractivity contribution < 1.29 is 19.5 Å². The van der Waals surface area contributed by atoms with Crippen LogP contribution in [0.1, 0.15) is 29.0 Å². The number of anilines is 2. The largest absolute Gasteiger partial charge is 0.480 e. The molecule has 2 saturated heterocycles. The zero-order valence-electron chi connectivity index (χ0n) is 21.6.